The van der Waals surface area contributed by atoms with Gasteiger partial charge >= 0.3 is 5.69 Å². The number of methoxy groups -OCH3 is 2. The molecule has 11 heteroatoms. The number of nitrogens with zero attached hydrogens (tertiary/aromatic N) is 4. The lowest BCUT2D eigenvalue weighted by Gasteiger charge is -2.51. The van der Waals surface area contributed by atoms with E-state index in [2.05, 4.69) is 16.4 Å². The van der Waals surface area contributed by atoms with Gasteiger partial charge in [0.1, 0.15) is 0 Å². The Hall–Kier alpha value is -3.89. The Balaban J connectivity index is 1.31. The SMILES string of the molecule is COc1cc2cc(c1OC)CCCNC(=O)CCC[C@H]1[C@H]3C[C@@H](CN(C(=O)CCn4c(C)cc(C)nc4=O)C3)CN1C(=O)CC2. The average Bonchev–Trinajstić information content (AvgIpc) is 3.01. The third-order valence-electron chi connectivity index (χ3n) is 9.63. The molecule has 1 aromatic carbocycles. The van der Waals surface area contributed by atoms with Crippen LogP contribution in [0.15, 0.2) is 23.0 Å². The van der Waals surface area contributed by atoms with Gasteiger partial charge < -0.3 is 24.6 Å². The van der Waals surface area contributed by atoms with Gasteiger partial charge in [0, 0.05) is 69.4 Å². The van der Waals surface area contributed by atoms with Crippen LogP contribution >= 0.6 is 0 Å². The number of amides is 3. The van der Waals surface area contributed by atoms with Crippen molar-refractivity contribution >= 4 is 17.7 Å². The number of rotatable bonds is 5. The summed E-state index contributed by atoms with van der Waals surface area (Å²) < 4.78 is 12.8. The van der Waals surface area contributed by atoms with Gasteiger partial charge in [0.15, 0.2) is 11.5 Å². The second kappa shape index (κ2) is 14.5. The minimum atomic E-state index is -0.329. The summed E-state index contributed by atoms with van der Waals surface area (Å²) in [6, 6.07) is 5.87. The minimum absolute atomic E-state index is 0.0172. The zero-order valence-electron chi connectivity index (χ0n) is 27.1. The number of nitrogens with one attached hydrogen (secondary N) is 1. The van der Waals surface area contributed by atoms with Crippen molar-refractivity contribution in [1.82, 2.24) is 24.7 Å². The molecule has 4 bridgehead atoms. The molecule has 5 rings (SSSR count). The van der Waals surface area contributed by atoms with Gasteiger partial charge in [-0.1, -0.05) is 6.07 Å². The molecule has 0 aliphatic carbocycles. The average molecular weight is 622 g/mol. The third kappa shape index (κ3) is 7.68. The number of hydrogen-bond acceptors (Lipinski definition) is 7. The van der Waals surface area contributed by atoms with Crippen molar-refractivity contribution < 1.29 is 23.9 Å². The first-order valence-corrected chi connectivity index (χ1v) is 16.3. The van der Waals surface area contributed by atoms with Crippen LogP contribution in [0.4, 0.5) is 0 Å². The summed E-state index contributed by atoms with van der Waals surface area (Å²) in [5.41, 5.74) is 3.17. The van der Waals surface area contributed by atoms with Gasteiger partial charge in [0.25, 0.3) is 0 Å². The van der Waals surface area contributed by atoms with E-state index < -0.39 is 0 Å². The van der Waals surface area contributed by atoms with Gasteiger partial charge in [-0.3, -0.25) is 19.0 Å². The summed E-state index contributed by atoms with van der Waals surface area (Å²) in [5, 5.41) is 3.05. The molecule has 2 fully saturated rings. The second-order valence-corrected chi connectivity index (χ2v) is 12.8. The summed E-state index contributed by atoms with van der Waals surface area (Å²) in [6.07, 6.45) is 5.48. The van der Waals surface area contributed by atoms with Gasteiger partial charge in [-0.05, 0) is 87.5 Å². The van der Waals surface area contributed by atoms with Crippen molar-refractivity contribution in [2.45, 2.75) is 84.2 Å². The third-order valence-corrected chi connectivity index (χ3v) is 9.63. The largest absolute Gasteiger partial charge is 0.493 e. The Morgan fingerprint density at radius 1 is 0.978 bits per heavy atom. The summed E-state index contributed by atoms with van der Waals surface area (Å²) in [7, 11) is 3.25. The van der Waals surface area contributed by atoms with Crippen molar-refractivity contribution in [2.24, 2.45) is 11.8 Å². The Morgan fingerprint density at radius 2 is 1.80 bits per heavy atom. The fraction of sp³-hybridized carbons (Fsp3) is 0.618. The van der Waals surface area contributed by atoms with E-state index in [4.69, 9.17) is 9.47 Å². The van der Waals surface area contributed by atoms with E-state index in [0.717, 1.165) is 42.5 Å². The van der Waals surface area contributed by atoms with Gasteiger partial charge in [-0.15, -0.1) is 0 Å². The van der Waals surface area contributed by atoms with Crippen molar-refractivity contribution in [3.8, 4) is 11.5 Å². The molecule has 1 N–H and O–H groups in total. The molecule has 3 atom stereocenters. The predicted octanol–water partition coefficient (Wildman–Crippen LogP) is 2.81. The molecule has 3 aliphatic heterocycles. The first-order chi connectivity index (χ1) is 21.7. The van der Waals surface area contributed by atoms with Crippen LogP contribution in [0, 0.1) is 25.7 Å². The van der Waals surface area contributed by atoms with Gasteiger partial charge in [0.05, 0.1) is 14.2 Å². The maximum absolute atomic E-state index is 13.8. The number of ether oxygens (including phenoxy) is 2. The van der Waals surface area contributed by atoms with Crippen molar-refractivity contribution in [2.75, 3.05) is 40.4 Å². The summed E-state index contributed by atoms with van der Waals surface area (Å²) in [5.74, 6) is 1.84. The van der Waals surface area contributed by atoms with Crippen LogP contribution in [0.1, 0.15) is 67.5 Å². The van der Waals surface area contributed by atoms with E-state index in [1.807, 2.05) is 28.9 Å². The number of aryl methyl sites for hydroxylation is 4. The number of hydrogen-bond donors (Lipinski definition) is 1. The van der Waals surface area contributed by atoms with Crippen LogP contribution in [0.3, 0.4) is 0 Å². The number of piperidine rings is 2. The number of carbonyl (C=O) groups excluding carboxylic acids is 3. The summed E-state index contributed by atoms with van der Waals surface area (Å²) in [4.78, 5) is 60.4. The number of likely N-dealkylation sites (tertiary alicyclic amines) is 1. The van der Waals surface area contributed by atoms with E-state index in [1.165, 1.54) is 0 Å². The highest BCUT2D eigenvalue weighted by Crippen LogP contribution is 2.37. The monoisotopic (exact) mass is 621 g/mol. The summed E-state index contributed by atoms with van der Waals surface area (Å²) in [6.45, 7) is 6.31. The standard InChI is InChI=1S/C34H47N5O6/c1-22-15-23(2)38(34(43)36-22)14-12-31(41)37-19-25-17-27(21-37)28-8-5-9-30(40)35-13-6-7-26-16-24(10-11-32(42)39(28)20-25)18-29(44-3)33(26)45-4/h15-16,18,25,27-28H,5-14,17,19-21H2,1-4H3,(H,35,40)/t25-,27-,28-/m0/s1. The molecule has 3 aliphatic rings. The fourth-order valence-corrected chi connectivity index (χ4v) is 7.52. The fourth-order valence-electron chi connectivity index (χ4n) is 7.52. The number of fused-ring (bicyclic) bond motifs is 6. The van der Waals surface area contributed by atoms with E-state index in [1.54, 1.807) is 25.7 Å². The zero-order chi connectivity index (χ0) is 32.1. The van der Waals surface area contributed by atoms with Crippen molar-refractivity contribution in [3.05, 3.63) is 51.2 Å². The first kappa shape index (κ1) is 32.5. The van der Waals surface area contributed by atoms with Crippen molar-refractivity contribution in [3.63, 3.8) is 0 Å². The number of carbonyl (C=O) groups is 3. The smallest absolute Gasteiger partial charge is 0.347 e. The highest BCUT2D eigenvalue weighted by atomic mass is 16.5. The molecule has 0 radical (unpaired) electrons. The van der Waals surface area contributed by atoms with E-state index >= 15 is 0 Å². The number of aromatic nitrogens is 2. The molecule has 2 saturated heterocycles. The quantitative estimate of drug-likeness (QED) is 0.545. The van der Waals surface area contributed by atoms with E-state index in [-0.39, 0.29) is 47.7 Å². The Kier molecular flexibility index (Phi) is 10.5. The normalized spacial score (nSPS) is 22.8. The van der Waals surface area contributed by atoms with Crippen LogP contribution in [-0.4, -0.2) is 83.5 Å². The molecule has 11 nitrogen and oxygen atoms in total. The maximum Gasteiger partial charge on any atom is 0.347 e. The van der Waals surface area contributed by atoms with Crippen LogP contribution in [-0.2, 0) is 33.8 Å². The Labute approximate surface area is 265 Å². The first-order valence-electron chi connectivity index (χ1n) is 16.3. The lowest BCUT2D eigenvalue weighted by Crippen LogP contribution is -2.60. The zero-order valence-corrected chi connectivity index (χ0v) is 27.1. The molecular formula is C34H47N5O6. The predicted molar refractivity (Wildman–Crippen MR) is 169 cm³/mol. The molecule has 2 aromatic rings. The molecule has 0 saturated carbocycles. The van der Waals surface area contributed by atoms with Crippen LogP contribution in [0.5, 0.6) is 11.5 Å². The topological polar surface area (TPSA) is 123 Å². The lowest BCUT2D eigenvalue weighted by molar-refractivity contribution is -0.145. The van der Waals surface area contributed by atoms with E-state index in [0.29, 0.717) is 75.6 Å². The molecular weight excluding hydrogens is 574 g/mol. The molecule has 244 valence electrons. The molecule has 0 unspecified atom stereocenters. The van der Waals surface area contributed by atoms with Gasteiger partial charge in [0.2, 0.25) is 17.7 Å². The Bertz CT molecular complexity index is 1470. The molecule has 3 amide bonds. The second-order valence-electron chi connectivity index (χ2n) is 12.8. The van der Waals surface area contributed by atoms with E-state index in [9.17, 15) is 19.2 Å². The maximum atomic E-state index is 13.8. The lowest BCUT2D eigenvalue weighted by atomic mass is 9.77. The van der Waals surface area contributed by atoms with Gasteiger partial charge in [-0.2, -0.15) is 4.98 Å². The molecule has 4 heterocycles. The van der Waals surface area contributed by atoms with Crippen LogP contribution < -0.4 is 20.5 Å². The molecule has 1 aromatic heterocycles. The Morgan fingerprint density at radius 3 is 2.56 bits per heavy atom. The van der Waals surface area contributed by atoms with Gasteiger partial charge in [-0.25, -0.2) is 4.79 Å². The number of benzene rings is 1. The highest BCUT2D eigenvalue weighted by molar-refractivity contribution is 5.78. The highest BCUT2D eigenvalue weighted by Gasteiger charge is 2.43. The molecule has 0 spiro atoms. The summed E-state index contributed by atoms with van der Waals surface area (Å²) >= 11 is 0. The molecule has 45 heavy (non-hydrogen) atoms. The van der Waals surface area contributed by atoms with Crippen molar-refractivity contribution in [1.29, 1.82) is 0 Å². The van der Waals surface area contributed by atoms with Crippen LogP contribution in [0.25, 0.3) is 0 Å². The van der Waals surface area contributed by atoms with Crippen LogP contribution in [0.2, 0.25) is 0 Å². The minimum Gasteiger partial charge on any atom is -0.493 e.